The van der Waals surface area contributed by atoms with E-state index in [0.717, 1.165) is 11.5 Å². The van der Waals surface area contributed by atoms with Crippen LogP contribution in [-0.2, 0) is 5.41 Å². The first-order chi connectivity index (χ1) is 15.4. The number of hydrogen-bond acceptors (Lipinski definition) is 3. The van der Waals surface area contributed by atoms with Crippen molar-refractivity contribution in [3.63, 3.8) is 0 Å². The van der Waals surface area contributed by atoms with Gasteiger partial charge >= 0.3 is 6.18 Å². The molecule has 33 heavy (non-hydrogen) atoms. The molecule has 4 nitrogen and oxygen atoms in total. The summed E-state index contributed by atoms with van der Waals surface area (Å²) in [5.74, 6) is -1.72. The van der Waals surface area contributed by atoms with Crippen LogP contribution in [0.1, 0.15) is 47.8 Å². The topological polar surface area (TPSA) is 58.6 Å². The summed E-state index contributed by atoms with van der Waals surface area (Å²) in [6.45, 7) is 2.96. The Morgan fingerprint density at radius 2 is 1.76 bits per heavy atom. The van der Waals surface area contributed by atoms with Crippen molar-refractivity contribution in [1.29, 1.82) is 0 Å². The summed E-state index contributed by atoms with van der Waals surface area (Å²) in [7, 11) is 1.23. The molecule has 1 aliphatic carbocycles. The van der Waals surface area contributed by atoms with E-state index in [1.54, 1.807) is 36.4 Å². The fourth-order valence-corrected chi connectivity index (χ4v) is 4.93. The number of rotatable bonds is 3. The number of alkyl halides is 3. The van der Waals surface area contributed by atoms with Crippen molar-refractivity contribution >= 4 is 16.7 Å². The van der Waals surface area contributed by atoms with Gasteiger partial charge in [0.05, 0.1) is 13.2 Å². The van der Waals surface area contributed by atoms with Crippen LogP contribution in [0.25, 0.3) is 10.8 Å². The number of amides is 1. The molecule has 0 aliphatic heterocycles. The van der Waals surface area contributed by atoms with Gasteiger partial charge < -0.3 is 15.2 Å². The van der Waals surface area contributed by atoms with E-state index < -0.39 is 41.4 Å². The Kier molecular flexibility index (Phi) is 5.40. The van der Waals surface area contributed by atoms with E-state index in [4.69, 9.17) is 4.74 Å². The van der Waals surface area contributed by atoms with E-state index >= 15 is 0 Å². The predicted octanol–water partition coefficient (Wildman–Crippen LogP) is 5.43. The summed E-state index contributed by atoms with van der Waals surface area (Å²) in [6, 6.07) is 12.2. The number of hydrogen-bond donors (Lipinski definition) is 2. The van der Waals surface area contributed by atoms with Crippen LogP contribution in [0, 0.1) is 5.82 Å². The minimum Gasteiger partial charge on any atom is -0.493 e. The molecule has 2 N–H and O–H groups in total. The molecule has 2 unspecified atom stereocenters. The van der Waals surface area contributed by atoms with Crippen molar-refractivity contribution in [3.05, 3.63) is 77.1 Å². The second-order valence-electron chi connectivity index (χ2n) is 8.96. The Bertz CT molecular complexity index is 1230. The fraction of sp³-hybridized carbons (Fsp3) is 0.320. The maximum absolute atomic E-state index is 14.5. The first-order valence-corrected chi connectivity index (χ1v) is 10.4. The highest BCUT2D eigenvalue weighted by atomic mass is 19.4. The molecule has 0 radical (unpaired) electrons. The molecule has 0 heterocycles. The number of aliphatic hydroxyl groups is 1. The Morgan fingerprint density at radius 1 is 1.09 bits per heavy atom. The standard InChI is InChI=1S/C25H23F4NO3/c1-23(2)13-24(32,25(27,28)29)21(17-11-12-18(26)20(33-3)19(17)23)30-22(31)16-10-6-8-14-7-4-5-9-15(14)16/h4-12,21,32H,13H2,1-3H3,(H,30,31). The maximum Gasteiger partial charge on any atom is 0.419 e. The molecule has 174 valence electrons. The highest BCUT2D eigenvalue weighted by Crippen LogP contribution is 2.55. The van der Waals surface area contributed by atoms with Crippen LogP contribution >= 0.6 is 0 Å². The van der Waals surface area contributed by atoms with Gasteiger partial charge in [0, 0.05) is 11.1 Å². The third-order valence-corrected chi connectivity index (χ3v) is 6.32. The van der Waals surface area contributed by atoms with E-state index in [2.05, 4.69) is 5.32 Å². The quantitative estimate of drug-likeness (QED) is 0.511. The Labute approximate surface area is 188 Å². The van der Waals surface area contributed by atoms with Crippen LogP contribution in [0.4, 0.5) is 17.6 Å². The van der Waals surface area contributed by atoms with Gasteiger partial charge in [-0.25, -0.2) is 4.39 Å². The van der Waals surface area contributed by atoms with Crippen molar-refractivity contribution < 1.29 is 32.2 Å². The summed E-state index contributed by atoms with van der Waals surface area (Å²) in [6.07, 6.45) is -5.86. The molecule has 0 aromatic heterocycles. The average molecular weight is 461 g/mol. The molecule has 3 aromatic rings. The number of halogens is 4. The van der Waals surface area contributed by atoms with Crippen LogP contribution in [-0.4, -0.2) is 29.9 Å². The molecule has 3 aromatic carbocycles. The first-order valence-electron chi connectivity index (χ1n) is 10.4. The molecule has 0 fully saturated rings. The molecule has 0 saturated heterocycles. The lowest BCUT2D eigenvalue weighted by Gasteiger charge is -2.49. The summed E-state index contributed by atoms with van der Waals surface area (Å²) in [5, 5.41) is 14.7. The number of carbonyl (C=O) groups excluding carboxylic acids is 1. The average Bonchev–Trinajstić information content (AvgIpc) is 2.75. The van der Waals surface area contributed by atoms with E-state index in [0.29, 0.717) is 5.39 Å². The van der Waals surface area contributed by atoms with Gasteiger partial charge in [-0.15, -0.1) is 0 Å². The monoisotopic (exact) mass is 461 g/mol. The summed E-state index contributed by atoms with van der Waals surface area (Å²) in [4.78, 5) is 13.2. The largest absolute Gasteiger partial charge is 0.493 e. The zero-order chi connectivity index (χ0) is 24.2. The van der Waals surface area contributed by atoms with E-state index in [-0.39, 0.29) is 22.4 Å². The van der Waals surface area contributed by atoms with Crippen LogP contribution in [0.5, 0.6) is 5.75 Å². The van der Waals surface area contributed by atoms with Gasteiger partial charge in [-0.2, -0.15) is 13.2 Å². The summed E-state index contributed by atoms with van der Waals surface area (Å²) in [5.41, 5.74) is -4.28. The van der Waals surface area contributed by atoms with Gasteiger partial charge in [0.2, 0.25) is 0 Å². The van der Waals surface area contributed by atoms with Crippen molar-refractivity contribution in [3.8, 4) is 5.75 Å². The summed E-state index contributed by atoms with van der Waals surface area (Å²) >= 11 is 0. The van der Waals surface area contributed by atoms with Gasteiger partial charge in [-0.1, -0.05) is 56.3 Å². The zero-order valence-corrected chi connectivity index (χ0v) is 18.3. The van der Waals surface area contributed by atoms with Gasteiger partial charge in [0.15, 0.2) is 17.2 Å². The zero-order valence-electron chi connectivity index (χ0n) is 18.3. The molecule has 1 amide bonds. The molecule has 0 bridgehead atoms. The number of benzene rings is 3. The molecule has 0 saturated carbocycles. The van der Waals surface area contributed by atoms with Crippen molar-refractivity contribution in [2.24, 2.45) is 0 Å². The van der Waals surface area contributed by atoms with E-state index in [9.17, 15) is 27.5 Å². The van der Waals surface area contributed by atoms with E-state index in [1.165, 1.54) is 33.1 Å². The Balaban J connectivity index is 1.90. The lowest BCUT2D eigenvalue weighted by molar-refractivity contribution is -0.280. The van der Waals surface area contributed by atoms with Crippen LogP contribution in [0.3, 0.4) is 0 Å². The second kappa shape index (κ2) is 7.73. The number of fused-ring (bicyclic) bond motifs is 2. The van der Waals surface area contributed by atoms with E-state index in [1.807, 2.05) is 0 Å². The smallest absolute Gasteiger partial charge is 0.419 e. The van der Waals surface area contributed by atoms with Crippen molar-refractivity contribution in [2.45, 2.75) is 43.5 Å². The number of methoxy groups -OCH3 is 1. The van der Waals surface area contributed by atoms with Crippen LogP contribution in [0.15, 0.2) is 54.6 Å². The number of nitrogens with one attached hydrogen (secondary N) is 1. The van der Waals surface area contributed by atoms with Gasteiger partial charge in [-0.3, -0.25) is 4.79 Å². The first kappa shape index (κ1) is 23.0. The molecule has 0 spiro atoms. The Hall–Kier alpha value is -3.13. The minimum absolute atomic E-state index is 0.0436. The molecular formula is C25H23F4NO3. The number of carbonyl (C=O) groups is 1. The predicted molar refractivity (Wildman–Crippen MR) is 116 cm³/mol. The van der Waals surface area contributed by atoms with Gasteiger partial charge in [-0.05, 0) is 40.3 Å². The lowest BCUT2D eigenvalue weighted by atomic mass is 9.63. The molecule has 8 heteroatoms. The van der Waals surface area contributed by atoms with Crippen molar-refractivity contribution in [1.82, 2.24) is 5.32 Å². The highest BCUT2D eigenvalue weighted by molar-refractivity contribution is 6.07. The lowest BCUT2D eigenvalue weighted by Crippen LogP contribution is -2.60. The normalized spacial score (nSPS) is 22.0. The number of ether oxygens (including phenoxy) is 1. The molecule has 4 rings (SSSR count). The highest BCUT2D eigenvalue weighted by Gasteiger charge is 2.64. The molecular weight excluding hydrogens is 438 g/mol. The third kappa shape index (κ3) is 3.62. The van der Waals surface area contributed by atoms with Gasteiger partial charge in [0.1, 0.15) is 0 Å². The SMILES string of the molecule is COc1c(F)ccc2c1C(C)(C)CC(O)(C(F)(F)F)C2NC(=O)c1cccc2ccccc12. The molecule has 1 aliphatic rings. The Morgan fingerprint density at radius 3 is 2.42 bits per heavy atom. The minimum atomic E-state index is -5.07. The second-order valence-corrected chi connectivity index (χ2v) is 8.96. The summed E-state index contributed by atoms with van der Waals surface area (Å²) < 4.78 is 62.5. The maximum atomic E-state index is 14.5. The van der Waals surface area contributed by atoms with Crippen LogP contribution in [0.2, 0.25) is 0 Å². The van der Waals surface area contributed by atoms with Crippen LogP contribution < -0.4 is 10.1 Å². The fourth-order valence-electron chi connectivity index (χ4n) is 4.93. The van der Waals surface area contributed by atoms with Crippen molar-refractivity contribution in [2.75, 3.05) is 7.11 Å². The molecule has 2 atom stereocenters. The van der Waals surface area contributed by atoms with Gasteiger partial charge in [0.25, 0.3) is 5.91 Å². The third-order valence-electron chi connectivity index (χ3n) is 6.32.